The molecule has 3 aromatic rings. The van der Waals surface area contributed by atoms with Crippen LogP contribution in [-0.2, 0) is 13.1 Å². The molecule has 1 saturated heterocycles. The summed E-state index contributed by atoms with van der Waals surface area (Å²) in [5.74, 6) is -0.0485. The lowest BCUT2D eigenvalue weighted by Gasteiger charge is -2.14. The molecule has 1 amide bonds. The first-order valence-corrected chi connectivity index (χ1v) is 9.94. The number of benzene rings is 2. The molecule has 5 heteroatoms. The topological polar surface area (TPSA) is 50.2 Å². The number of rotatable bonds is 7. The van der Waals surface area contributed by atoms with Crippen molar-refractivity contribution in [3.63, 3.8) is 0 Å². The molecule has 0 unspecified atom stereocenters. The lowest BCUT2D eigenvalue weighted by atomic mass is 10.0. The first kappa shape index (κ1) is 18.4. The van der Waals surface area contributed by atoms with Gasteiger partial charge in [-0.2, -0.15) is 0 Å². The van der Waals surface area contributed by atoms with E-state index in [1.807, 2.05) is 35.0 Å². The molecule has 28 heavy (non-hydrogen) atoms. The molecule has 0 aliphatic carbocycles. The van der Waals surface area contributed by atoms with Gasteiger partial charge in [0.25, 0.3) is 5.91 Å². The number of nitrogens with one attached hydrogen (secondary N) is 1. The van der Waals surface area contributed by atoms with Gasteiger partial charge >= 0.3 is 0 Å². The third-order valence-corrected chi connectivity index (χ3v) is 5.25. The van der Waals surface area contributed by atoms with Crippen molar-refractivity contribution in [3.8, 4) is 11.1 Å². The Hall–Kier alpha value is -2.92. The van der Waals surface area contributed by atoms with Crippen LogP contribution < -0.4 is 5.32 Å². The van der Waals surface area contributed by atoms with E-state index in [1.165, 1.54) is 37.1 Å². The molecular weight excluding hydrogens is 348 g/mol. The van der Waals surface area contributed by atoms with Crippen molar-refractivity contribution in [1.82, 2.24) is 19.8 Å². The van der Waals surface area contributed by atoms with Gasteiger partial charge in [-0.1, -0.05) is 36.4 Å². The zero-order valence-corrected chi connectivity index (χ0v) is 16.1. The first-order chi connectivity index (χ1) is 13.8. The molecule has 4 rings (SSSR count). The van der Waals surface area contributed by atoms with Crippen molar-refractivity contribution >= 4 is 5.91 Å². The summed E-state index contributed by atoms with van der Waals surface area (Å²) in [6, 6.07) is 16.6. The van der Waals surface area contributed by atoms with Crippen LogP contribution in [0.5, 0.6) is 0 Å². The van der Waals surface area contributed by atoms with E-state index in [2.05, 4.69) is 39.5 Å². The van der Waals surface area contributed by atoms with Gasteiger partial charge in [-0.05, 0) is 54.8 Å². The Morgan fingerprint density at radius 1 is 0.964 bits per heavy atom. The fraction of sp³-hybridized carbons (Fsp3) is 0.304. The van der Waals surface area contributed by atoms with Crippen LogP contribution in [0.25, 0.3) is 11.1 Å². The molecular formula is C23H26N4O. The summed E-state index contributed by atoms with van der Waals surface area (Å²) < 4.78 is 1.94. The van der Waals surface area contributed by atoms with Crippen molar-refractivity contribution in [3.05, 3.63) is 78.4 Å². The Kier molecular flexibility index (Phi) is 5.83. The molecule has 5 nitrogen and oxygen atoms in total. The van der Waals surface area contributed by atoms with Crippen LogP contribution in [0.1, 0.15) is 28.8 Å². The summed E-state index contributed by atoms with van der Waals surface area (Å²) >= 11 is 0. The van der Waals surface area contributed by atoms with Gasteiger partial charge in [-0.15, -0.1) is 0 Å². The third kappa shape index (κ3) is 4.67. The molecule has 1 N–H and O–H groups in total. The number of amides is 1. The summed E-state index contributed by atoms with van der Waals surface area (Å²) in [5, 5.41) is 2.95. The highest BCUT2D eigenvalue weighted by molar-refractivity contribution is 5.94. The maximum Gasteiger partial charge on any atom is 0.251 e. The summed E-state index contributed by atoms with van der Waals surface area (Å²) in [6.45, 7) is 4.77. The fourth-order valence-corrected chi connectivity index (χ4v) is 3.64. The van der Waals surface area contributed by atoms with Crippen LogP contribution in [0.2, 0.25) is 0 Å². The second-order valence-corrected chi connectivity index (χ2v) is 7.31. The third-order valence-electron chi connectivity index (χ3n) is 5.25. The second kappa shape index (κ2) is 8.85. The van der Waals surface area contributed by atoms with Gasteiger partial charge in [0, 0.05) is 37.6 Å². The van der Waals surface area contributed by atoms with E-state index in [1.54, 1.807) is 12.5 Å². The Balaban J connectivity index is 1.32. The molecule has 2 heterocycles. The van der Waals surface area contributed by atoms with Gasteiger partial charge in [0.15, 0.2) is 0 Å². The monoisotopic (exact) mass is 374 g/mol. The Morgan fingerprint density at radius 2 is 1.64 bits per heavy atom. The summed E-state index contributed by atoms with van der Waals surface area (Å²) in [7, 11) is 0. The molecule has 0 saturated carbocycles. The minimum Gasteiger partial charge on any atom is -0.350 e. The van der Waals surface area contributed by atoms with Crippen molar-refractivity contribution in [2.45, 2.75) is 25.9 Å². The predicted molar refractivity (Wildman–Crippen MR) is 111 cm³/mol. The van der Waals surface area contributed by atoms with Crippen LogP contribution in [0.4, 0.5) is 0 Å². The number of hydrogen-bond donors (Lipinski definition) is 1. The van der Waals surface area contributed by atoms with Gasteiger partial charge in [-0.3, -0.25) is 9.69 Å². The highest BCUT2D eigenvalue weighted by atomic mass is 16.1. The van der Waals surface area contributed by atoms with Gasteiger partial charge in [0.05, 0.1) is 6.33 Å². The molecule has 2 aromatic carbocycles. The Labute approximate surface area is 166 Å². The Bertz CT molecular complexity index is 879. The zero-order valence-electron chi connectivity index (χ0n) is 16.1. The summed E-state index contributed by atoms with van der Waals surface area (Å²) in [4.78, 5) is 18.8. The predicted octanol–water partition coefficient (Wildman–Crippen LogP) is 3.58. The molecule has 0 radical (unpaired) electrons. The number of carbonyl (C=O) groups is 1. The number of carbonyl (C=O) groups excluding carboxylic acids is 1. The lowest BCUT2D eigenvalue weighted by Crippen LogP contribution is -2.26. The number of imidazole rings is 1. The molecule has 144 valence electrons. The molecule has 0 spiro atoms. The van der Waals surface area contributed by atoms with Crippen LogP contribution in [-0.4, -0.2) is 40.0 Å². The number of aromatic nitrogens is 2. The average Bonchev–Trinajstić information content (AvgIpc) is 3.43. The highest BCUT2D eigenvalue weighted by Crippen LogP contribution is 2.21. The van der Waals surface area contributed by atoms with Crippen LogP contribution in [0.15, 0.2) is 67.3 Å². The second-order valence-electron chi connectivity index (χ2n) is 7.31. The van der Waals surface area contributed by atoms with E-state index < -0.39 is 0 Å². The SMILES string of the molecule is O=C(NCCn1ccnc1)c1ccc(-c2ccc(CN3CCCC3)cc2)cc1. The van der Waals surface area contributed by atoms with Crippen molar-refractivity contribution in [2.24, 2.45) is 0 Å². The van der Waals surface area contributed by atoms with Crippen LogP contribution in [0.3, 0.4) is 0 Å². The minimum absolute atomic E-state index is 0.0485. The molecule has 1 aliphatic heterocycles. The number of likely N-dealkylation sites (tertiary alicyclic amines) is 1. The van der Waals surface area contributed by atoms with Gasteiger partial charge in [0.2, 0.25) is 0 Å². The molecule has 1 fully saturated rings. The first-order valence-electron chi connectivity index (χ1n) is 9.94. The lowest BCUT2D eigenvalue weighted by molar-refractivity contribution is 0.0952. The van der Waals surface area contributed by atoms with Crippen molar-refractivity contribution < 1.29 is 4.79 Å². The molecule has 1 aromatic heterocycles. The van der Waals surface area contributed by atoms with E-state index in [-0.39, 0.29) is 5.91 Å². The average molecular weight is 374 g/mol. The molecule has 0 bridgehead atoms. The van der Waals surface area contributed by atoms with E-state index in [0.717, 1.165) is 12.1 Å². The zero-order chi connectivity index (χ0) is 19.2. The van der Waals surface area contributed by atoms with Gasteiger partial charge < -0.3 is 9.88 Å². The molecule has 1 aliphatic rings. The fourth-order valence-electron chi connectivity index (χ4n) is 3.64. The molecule has 0 atom stereocenters. The van der Waals surface area contributed by atoms with E-state index in [9.17, 15) is 4.79 Å². The Morgan fingerprint density at radius 3 is 2.29 bits per heavy atom. The van der Waals surface area contributed by atoms with Crippen molar-refractivity contribution in [1.29, 1.82) is 0 Å². The largest absolute Gasteiger partial charge is 0.350 e. The van der Waals surface area contributed by atoms with Crippen molar-refractivity contribution in [2.75, 3.05) is 19.6 Å². The minimum atomic E-state index is -0.0485. The van der Waals surface area contributed by atoms with E-state index in [0.29, 0.717) is 18.7 Å². The standard InChI is InChI=1S/C23H26N4O/c28-23(25-12-16-27-15-11-24-18-27)22-9-7-21(8-10-22)20-5-3-19(4-6-20)17-26-13-1-2-14-26/h3-11,15,18H,1-2,12-14,16-17H2,(H,25,28). The smallest absolute Gasteiger partial charge is 0.251 e. The normalized spacial score (nSPS) is 14.3. The van der Waals surface area contributed by atoms with Crippen LogP contribution >= 0.6 is 0 Å². The number of nitrogens with zero attached hydrogens (tertiary/aromatic N) is 3. The van der Waals surface area contributed by atoms with Gasteiger partial charge in [0.1, 0.15) is 0 Å². The van der Waals surface area contributed by atoms with Crippen LogP contribution in [0, 0.1) is 0 Å². The quantitative estimate of drug-likeness (QED) is 0.688. The summed E-state index contributed by atoms with van der Waals surface area (Å²) in [6.07, 6.45) is 8.01. The van der Waals surface area contributed by atoms with E-state index >= 15 is 0 Å². The van der Waals surface area contributed by atoms with E-state index in [4.69, 9.17) is 0 Å². The number of hydrogen-bond acceptors (Lipinski definition) is 3. The maximum absolute atomic E-state index is 12.3. The maximum atomic E-state index is 12.3. The highest BCUT2D eigenvalue weighted by Gasteiger charge is 2.11. The summed E-state index contributed by atoms with van der Waals surface area (Å²) in [5.41, 5.74) is 4.35. The van der Waals surface area contributed by atoms with Gasteiger partial charge in [-0.25, -0.2) is 4.98 Å².